The Bertz CT molecular complexity index is 1100. The quantitative estimate of drug-likeness (QED) is 0.344. The Morgan fingerprint density at radius 2 is 1.83 bits per heavy atom. The summed E-state index contributed by atoms with van der Waals surface area (Å²) in [5.41, 5.74) is 1.89. The molecular weight excluding hydrogens is 372 g/mol. The molecule has 0 heterocycles. The Kier molecular flexibility index (Phi) is 5.94. The lowest BCUT2D eigenvalue weighted by Crippen LogP contribution is -2.12. The van der Waals surface area contributed by atoms with Crippen molar-refractivity contribution in [3.63, 3.8) is 0 Å². The van der Waals surface area contributed by atoms with Gasteiger partial charge in [-0.2, -0.15) is 5.11 Å². The predicted molar refractivity (Wildman–Crippen MR) is 109 cm³/mol. The van der Waals surface area contributed by atoms with Gasteiger partial charge in [0.05, 0.1) is 11.5 Å². The van der Waals surface area contributed by atoms with Crippen molar-refractivity contribution in [2.45, 2.75) is 13.5 Å². The van der Waals surface area contributed by atoms with Crippen LogP contribution in [0.1, 0.15) is 21.5 Å². The molecule has 0 aliphatic carbocycles. The molecule has 146 valence electrons. The number of rotatable bonds is 6. The molecule has 1 amide bonds. The first-order valence-electron chi connectivity index (χ1n) is 8.75. The highest BCUT2D eigenvalue weighted by atomic mass is 16.6. The van der Waals surface area contributed by atoms with Crippen LogP contribution in [0.4, 0.5) is 17.1 Å². The molecule has 3 rings (SSSR count). The van der Waals surface area contributed by atoms with Gasteiger partial charge < -0.3 is 10.4 Å². The van der Waals surface area contributed by atoms with Gasteiger partial charge in [0.1, 0.15) is 5.75 Å². The molecular formula is C21H18N4O4. The summed E-state index contributed by atoms with van der Waals surface area (Å²) in [6.45, 7) is 1.92. The topological polar surface area (TPSA) is 117 Å². The van der Waals surface area contributed by atoms with E-state index in [1.807, 2.05) is 19.1 Å². The molecule has 0 spiro atoms. The number of aryl methyl sites for hydroxylation is 1. The van der Waals surface area contributed by atoms with Gasteiger partial charge in [-0.25, -0.2) is 0 Å². The van der Waals surface area contributed by atoms with Gasteiger partial charge >= 0.3 is 0 Å². The second-order valence-corrected chi connectivity index (χ2v) is 6.26. The minimum atomic E-state index is -0.612. The van der Waals surface area contributed by atoms with Crippen molar-refractivity contribution in [1.29, 1.82) is 0 Å². The lowest BCUT2D eigenvalue weighted by Gasteiger charge is -2.08. The van der Waals surface area contributed by atoms with Gasteiger partial charge in [-0.1, -0.05) is 36.4 Å². The smallest absolute Gasteiger partial charge is 0.297 e. The van der Waals surface area contributed by atoms with E-state index in [0.29, 0.717) is 11.3 Å². The standard InChI is InChI=1S/C21H18N4O4/c1-14-6-2-4-8-17(14)23-21(27)15-10-11-18(19(12-15)25(28)29)24-22-13-16-7-3-5-9-20(16)26/h2-12,26H,13H2,1H3,(H,23,27). The number of phenols is 1. The monoisotopic (exact) mass is 390 g/mol. The number of benzene rings is 3. The number of nitrogens with one attached hydrogen (secondary N) is 1. The summed E-state index contributed by atoms with van der Waals surface area (Å²) in [4.78, 5) is 23.3. The van der Waals surface area contributed by atoms with Crippen LogP contribution in [0.15, 0.2) is 77.0 Å². The summed E-state index contributed by atoms with van der Waals surface area (Å²) in [5.74, 6) is -0.385. The zero-order valence-corrected chi connectivity index (χ0v) is 15.6. The Morgan fingerprint density at radius 3 is 2.55 bits per heavy atom. The second-order valence-electron chi connectivity index (χ2n) is 6.26. The number of nitro benzene ring substituents is 1. The first kappa shape index (κ1) is 19.7. The van der Waals surface area contributed by atoms with Crippen LogP contribution in [0.3, 0.4) is 0 Å². The van der Waals surface area contributed by atoms with Crippen molar-refractivity contribution in [2.75, 3.05) is 5.32 Å². The summed E-state index contributed by atoms with van der Waals surface area (Å²) < 4.78 is 0. The third-order valence-electron chi connectivity index (χ3n) is 4.24. The van der Waals surface area contributed by atoms with E-state index in [2.05, 4.69) is 15.5 Å². The first-order valence-corrected chi connectivity index (χ1v) is 8.75. The molecule has 0 aliphatic heterocycles. The Hall–Kier alpha value is -4.07. The molecule has 0 aliphatic rings. The molecule has 29 heavy (non-hydrogen) atoms. The molecule has 0 bridgehead atoms. The Balaban J connectivity index is 1.81. The number of carbonyl (C=O) groups excluding carboxylic acids is 1. The molecule has 3 aromatic rings. The minimum absolute atomic E-state index is 0.0258. The van der Waals surface area contributed by atoms with Gasteiger partial charge in [-0.05, 0) is 36.8 Å². The highest BCUT2D eigenvalue weighted by Gasteiger charge is 2.18. The van der Waals surface area contributed by atoms with Crippen molar-refractivity contribution in [3.8, 4) is 5.75 Å². The highest BCUT2D eigenvalue weighted by molar-refractivity contribution is 6.05. The van der Waals surface area contributed by atoms with Crippen molar-refractivity contribution >= 4 is 23.0 Å². The molecule has 8 nitrogen and oxygen atoms in total. The molecule has 0 unspecified atom stereocenters. The third-order valence-corrected chi connectivity index (χ3v) is 4.24. The summed E-state index contributed by atoms with van der Waals surface area (Å²) in [6, 6.07) is 17.9. The summed E-state index contributed by atoms with van der Waals surface area (Å²) in [5, 5.41) is 31.7. The number of anilines is 1. The number of phenolic OH excluding ortho intramolecular Hbond substituents is 1. The summed E-state index contributed by atoms with van der Waals surface area (Å²) in [6.07, 6.45) is 0. The number of amides is 1. The van der Waals surface area contributed by atoms with Crippen LogP contribution >= 0.6 is 0 Å². The fraction of sp³-hybridized carbons (Fsp3) is 0.0952. The minimum Gasteiger partial charge on any atom is -0.508 e. The molecule has 0 saturated heterocycles. The van der Waals surface area contributed by atoms with E-state index < -0.39 is 10.8 Å². The van der Waals surface area contributed by atoms with Crippen LogP contribution in [0.25, 0.3) is 0 Å². The number of azo groups is 1. The SMILES string of the molecule is Cc1ccccc1NC(=O)c1ccc(N=NCc2ccccc2O)c([N+](=O)[O-])c1. The highest BCUT2D eigenvalue weighted by Crippen LogP contribution is 2.29. The zero-order valence-electron chi connectivity index (χ0n) is 15.6. The maximum Gasteiger partial charge on any atom is 0.297 e. The molecule has 2 N–H and O–H groups in total. The molecule has 0 radical (unpaired) electrons. The van der Waals surface area contributed by atoms with Crippen molar-refractivity contribution in [1.82, 2.24) is 0 Å². The van der Waals surface area contributed by atoms with Crippen LogP contribution < -0.4 is 5.32 Å². The third kappa shape index (κ3) is 4.81. The number of aromatic hydroxyl groups is 1. The molecule has 0 atom stereocenters. The van der Waals surface area contributed by atoms with E-state index in [1.165, 1.54) is 24.3 Å². The molecule has 0 saturated carbocycles. The predicted octanol–water partition coefficient (Wildman–Crippen LogP) is 5.15. The van der Waals surface area contributed by atoms with Gasteiger partial charge in [0.15, 0.2) is 5.69 Å². The maximum absolute atomic E-state index is 12.5. The molecule has 3 aromatic carbocycles. The molecule has 8 heteroatoms. The average Bonchev–Trinajstić information content (AvgIpc) is 2.71. The van der Waals surface area contributed by atoms with Gasteiger partial charge in [-0.15, -0.1) is 5.11 Å². The second kappa shape index (κ2) is 8.75. The number of nitrogens with zero attached hydrogens (tertiary/aromatic N) is 3. The fourth-order valence-electron chi connectivity index (χ4n) is 2.64. The number of hydrogen-bond donors (Lipinski definition) is 2. The largest absolute Gasteiger partial charge is 0.508 e. The Labute approximate surface area is 166 Å². The van der Waals surface area contributed by atoms with Gasteiger partial charge in [0.25, 0.3) is 11.6 Å². The average molecular weight is 390 g/mol. The zero-order chi connectivity index (χ0) is 20.8. The van der Waals surface area contributed by atoms with E-state index >= 15 is 0 Å². The maximum atomic E-state index is 12.5. The summed E-state index contributed by atoms with van der Waals surface area (Å²) >= 11 is 0. The lowest BCUT2D eigenvalue weighted by atomic mass is 10.1. The van der Waals surface area contributed by atoms with E-state index in [4.69, 9.17) is 0 Å². The van der Waals surface area contributed by atoms with Gasteiger partial charge in [0, 0.05) is 22.9 Å². The Morgan fingerprint density at radius 1 is 1.10 bits per heavy atom. The first-order chi connectivity index (χ1) is 14.0. The normalized spacial score (nSPS) is 10.8. The number of nitro groups is 1. The van der Waals surface area contributed by atoms with Crippen molar-refractivity contribution in [2.24, 2.45) is 10.2 Å². The van der Waals surface area contributed by atoms with E-state index in [9.17, 15) is 20.0 Å². The lowest BCUT2D eigenvalue weighted by molar-refractivity contribution is -0.384. The van der Waals surface area contributed by atoms with Crippen molar-refractivity contribution in [3.05, 3.63) is 93.5 Å². The van der Waals surface area contributed by atoms with Crippen LogP contribution in [0.5, 0.6) is 5.75 Å². The van der Waals surface area contributed by atoms with Crippen LogP contribution in [0.2, 0.25) is 0 Å². The summed E-state index contributed by atoms with van der Waals surface area (Å²) in [7, 11) is 0. The number of para-hydroxylation sites is 2. The van der Waals surface area contributed by atoms with E-state index in [-0.39, 0.29) is 29.2 Å². The van der Waals surface area contributed by atoms with Crippen molar-refractivity contribution < 1.29 is 14.8 Å². The van der Waals surface area contributed by atoms with Gasteiger partial charge in [-0.3, -0.25) is 14.9 Å². The van der Waals surface area contributed by atoms with Crippen LogP contribution in [0, 0.1) is 17.0 Å². The van der Waals surface area contributed by atoms with E-state index in [1.54, 1.807) is 30.3 Å². The fourth-order valence-corrected chi connectivity index (χ4v) is 2.64. The molecule has 0 aromatic heterocycles. The number of hydrogen-bond acceptors (Lipinski definition) is 6. The molecule has 0 fully saturated rings. The van der Waals surface area contributed by atoms with Crippen LogP contribution in [-0.2, 0) is 6.54 Å². The van der Waals surface area contributed by atoms with Gasteiger partial charge in [0.2, 0.25) is 0 Å². The van der Waals surface area contributed by atoms with E-state index in [0.717, 1.165) is 5.56 Å². The number of carbonyl (C=O) groups is 1. The van der Waals surface area contributed by atoms with Crippen LogP contribution in [-0.4, -0.2) is 15.9 Å².